The Kier molecular flexibility index (Phi) is 8.87. The first-order chi connectivity index (χ1) is 19.2. The number of nitro benzene ring substituents is 1. The van der Waals surface area contributed by atoms with E-state index in [0.717, 1.165) is 15.4 Å². The molecule has 0 aliphatic heterocycles. The van der Waals surface area contributed by atoms with Gasteiger partial charge in [-0.15, -0.1) is 0 Å². The summed E-state index contributed by atoms with van der Waals surface area (Å²) in [7, 11) is -4.00. The lowest BCUT2D eigenvalue weighted by molar-refractivity contribution is -0.384. The van der Waals surface area contributed by atoms with Crippen LogP contribution in [0.1, 0.15) is 16.7 Å². The van der Waals surface area contributed by atoms with Gasteiger partial charge in [-0.2, -0.15) is 5.10 Å². The Labute approximate surface area is 231 Å². The van der Waals surface area contributed by atoms with Crippen molar-refractivity contribution in [3.05, 3.63) is 130 Å². The molecule has 0 heterocycles. The third-order valence-electron chi connectivity index (χ3n) is 5.74. The lowest BCUT2D eigenvalue weighted by atomic mass is 10.2. The maximum atomic E-state index is 13.4. The number of hydrogen-bond acceptors (Lipinski definition) is 7. The molecular formula is C29H26N4O6S. The molecule has 10 nitrogen and oxygen atoms in total. The van der Waals surface area contributed by atoms with Crippen molar-refractivity contribution in [3.8, 4) is 5.75 Å². The van der Waals surface area contributed by atoms with Crippen LogP contribution in [0.3, 0.4) is 0 Å². The van der Waals surface area contributed by atoms with E-state index in [1.165, 1.54) is 30.5 Å². The number of ether oxygens (including phenoxy) is 1. The fourth-order valence-electron chi connectivity index (χ4n) is 3.69. The molecule has 0 radical (unpaired) electrons. The largest absolute Gasteiger partial charge is 0.489 e. The van der Waals surface area contributed by atoms with Gasteiger partial charge in [-0.1, -0.05) is 30.3 Å². The third kappa shape index (κ3) is 7.29. The molecule has 0 aliphatic carbocycles. The molecular weight excluding hydrogens is 532 g/mol. The van der Waals surface area contributed by atoms with Crippen molar-refractivity contribution in [1.29, 1.82) is 0 Å². The van der Waals surface area contributed by atoms with Gasteiger partial charge in [-0.25, -0.2) is 13.8 Å². The van der Waals surface area contributed by atoms with Gasteiger partial charge in [0.2, 0.25) is 0 Å². The second-order valence-corrected chi connectivity index (χ2v) is 10.6. The van der Waals surface area contributed by atoms with Gasteiger partial charge in [0.25, 0.3) is 21.6 Å². The highest BCUT2D eigenvalue weighted by molar-refractivity contribution is 7.92. The number of hydrogen-bond donors (Lipinski definition) is 1. The molecule has 11 heteroatoms. The minimum atomic E-state index is -4.00. The number of nitro groups is 1. The van der Waals surface area contributed by atoms with Gasteiger partial charge < -0.3 is 4.74 Å². The van der Waals surface area contributed by atoms with E-state index in [0.29, 0.717) is 17.0 Å². The molecule has 0 atom stereocenters. The van der Waals surface area contributed by atoms with Crippen molar-refractivity contribution in [2.75, 3.05) is 10.8 Å². The number of aryl methyl sites for hydroxylation is 1. The summed E-state index contributed by atoms with van der Waals surface area (Å²) < 4.78 is 33.5. The molecule has 0 fully saturated rings. The standard InChI is InChI=1S/C29H26N4O6S/c1-22-6-5-7-26(18-22)32(40(37,38)28-8-3-2-4-9-28)20-29(34)31-30-19-23-12-16-27(17-13-23)39-21-24-10-14-25(15-11-24)33(35)36/h2-19H,20-21H2,1H3,(H,31,34)/b30-19-. The zero-order valence-corrected chi connectivity index (χ0v) is 22.3. The Morgan fingerprint density at radius 1 is 0.975 bits per heavy atom. The lowest BCUT2D eigenvalue weighted by Crippen LogP contribution is -2.39. The molecule has 0 saturated heterocycles. The van der Waals surface area contributed by atoms with E-state index in [1.54, 1.807) is 72.8 Å². The summed E-state index contributed by atoms with van der Waals surface area (Å²) in [6.07, 6.45) is 1.43. The van der Waals surface area contributed by atoms with E-state index in [-0.39, 0.29) is 17.2 Å². The zero-order chi connectivity index (χ0) is 28.5. The van der Waals surface area contributed by atoms with Crippen LogP contribution in [-0.2, 0) is 21.4 Å². The summed E-state index contributed by atoms with van der Waals surface area (Å²) in [5, 5.41) is 14.7. The Bertz CT molecular complexity index is 1610. The second-order valence-electron chi connectivity index (χ2n) is 8.74. The van der Waals surface area contributed by atoms with Crippen LogP contribution >= 0.6 is 0 Å². The van der Waals surface area contributed by atoms with E-state index < -0.39 is 27.4 Å². The predicted octanol–water partition coefficient (Wildman–Crippen LogP) is 4.83. The van der Waals surface area contributed by atoms with Crippen LogP contribution in [-0.4, -0.2) is 32.0 Å². The number of non-ortho nitro benzene ring substituents is 1. The van der Waals surface area contributed by atoms with E-state index in [1.807, 2.05) is 13.0 Å². The number of carbonyl (C=O) groups excluding carboxylic acids is 1. The van der Waals surface area contributed by atoms with Gasteiger partial charge in [0, 0.05) is 12.1 Å². The van der Waals surface area contributed by atoms with Gasteiger partial charge in [0.1, 0.15) is 18.9 Å². The highest BCUT2D eigenvalue weighted by Crippen LogP contribution is 2.24. The molecule has 4 aromatic rings. The van der Waals surface area contributed by atoms with Crippen molar-refractivity contribution < 1.29 is 22.9 Å². The molecule has 0 aromatic heterocycles. The van der Waals surface area contributed by atoms with Crippen molar-refractivity contribution in [1.82, 2.24) is 5.43 Å². The summed E-state index contributed by atoms with van der Waals surface area (Å²) in [5.74, 6) is -0.0280. The van der Waals surface area contributed by atoms with Crippen molar-refractivity contribution in [3.63, 3.8) is 0 Å². The van der Waals surface area contributed by atoms with Crippen LogP contribution < -0.4 is 14.5 Å². The number of nitrogens with zero attached hydrogens (tertiary/aromatic N) is 3. The minimum absolute atomic E-state index is 0.0140. The smallest absolute Gasteiger partial charge is 0.269 e. The molecule has 0 aliphatic rings. The van der Waals surface area contributed by atoms with E-state index >= 15 is 0 Å². The quantitative estimate of drug-likeness (QED) is 0.159. The van der Waals surface area contributed by atoms with Crippen molar-refractivity contribution >= 4 is 33.5 Å². The van der Waals surface area contributed by atoms with E-state index in [9.17, 15) is 23.3 Å². The van der Waals surface area contributed by atoms with Crippen LogP contribution in [0.2, 0.25) is 0 Å². The molecule has 0 saturated carbocycles. The number of rotatable bonds is 11. The molecule has 0 bridgehead atoms. The highest BCUT2D eigenvalue weighted by Gasteiger charge is 2.27. The van der Waals surface area contributed by atoms with Gasteiger partial charge in [-0.05, 0) is 84.3 Å². The van der Waals surface area contributed by atoms with Crippen LogP contribution in [0.25, 0.3) is 0 Å². The summed E-state index contributed by atoms with van der Waals surface area (Å²) in [4.78, 5) is 23.1. The average Bonchev–Trinajstić information content (AvgIpc) is 2.96. The molecule has 1 N–H and O–H groups in total. The van der Waals surface area contributed by atoms with Crippen molar-refractivity contribution in [2.24, 2.45) is 5.10 Å². The Morgan fingerprint density at radius 3 is 2.33 bits per heavy atom. The number of carbonyl (C=O) groups is 1. The molecule has 204 valence electrons. The summed E-state index contributed by atoms with van der Waals surface area (Å²) in [6.45, 7) is 1.62. The average molecular weight is 559 g/mol. The number of nitrogens with one attached hydrogen (secondary N) is 1. The van der Waals surface area contributed by atoms with Gasteiger partial charge in [-0.3, -0.25) is 19.2 Å². The molecule has 4 rings (SSSR count). The SMILES string of the molecule is Cc1cccc(N(CC(=O)N/N=C\c2ccc(OCc3ccc([N+](=O)[O-])cc3)cc2)S(=O)(=O)c2ccccc2)c1. The van der Waals surface area contributed by atoms with E-state index in [2.05, 4.69) is 10.5 Å². The highest BCUT2D eigenvalue weighted by atomic mass is 32.2. The summed E-state index contributed by atoms with van der Waals surface area (Å²) >= 11 is 0. The molecule has 0 spiro atoms. The monoisotopic (exact) mass is 558 g/mol. The summed E-state index contributed by atoms with van der Waals surface area (Å²) in [6, 6.07) is 27.8. The number of amides is 1. The molecule has 1 amide bonds. The Morgan fingerprint density at radius 2 is 1.68 bits per heavy atom. The topological polar surface area (TPSA) is 131 Å². The van der Waals surface area contributed by atoms with Gasteiger partial charge in [0.15, 0.2) is 0 Å². The fourth-order valence-corrected chi connectivity index (χ4v) is 5.13. The Hall–Kier alpha value is -5.03. The van der Waals surface area contributed by atoms with Crippen LogP contribution in [0, 0.1) is 17.0 Å². The maximum absolute atomic E-state index is 13.4. The number of hydrazone groups is 1. The third-order valence-corrected chi connectivity index (χ3v) is 7.53. The number of anilines is 1. The zero-order valence-electron chi connectivity index (χ0n) is 21.5. The van der Waals surface area contributed by atoms with E-state index in [4.69, 9.17) is 4.74 Å². The first kappa shape index (κ1) is 28.0. The second kappa shape index (κ2) is 12.7. The van der Waals surface area contributed by atoms with Gasteiger partial charge in [0.05, 0.1) is 21.7 Å². The van der Waals surface area contributed by atoms with Crippen molar-refractivity contribution in [2.45, 2.75) is 18.4 Å². The molecule has 0 unspecified atom stereocenters. The summed E-state index contributed by atoms with van der Waals surface area (Å²) in [5.41, 5.74) is 5.08. The van der Waals surface area contributed by atoms with Gasteiger partial charge >= 0.3 is 0 Å². The van der Waals surface area contributed by atoms with Crippen LogP contribution in [0.15, 0.2) is 113 Å². The number of sulfonamides is 1. The normalized spacial score (nSPS) is 11.2. The fraction of sp³-hybridized carbons (Fsp3) is 0.103. The molecule has 4 aromatic carbocycles. The minimum Gasteiger partial charge on any atom is -0.489 e. The number of benzene rings is 4. The Balaban J connectivity index is 1.37. The first-order valence-electron chi connectivity index (χ1n) is 12.1. The first-order valence-corrected chi connectivity index (χ1v) is 13.6. The maximum Gasteiger partial charge on any atom is 0.269 e. The molecule has 40 heavy (non-hydrogen) atoms. The van der Waals surface area contributed by atoms with Crippen LogP contribution in [0.4, 0.5) is 11.4 Å². The predicted molar refractivity (Wildman–Crippen MR) is 152 cm³/mol. The van der Waals surface area contributed by atoms with Crippen LogP contribution in [0.5, 0.6) is 5.75 Å². The lowest BCUT2D eigenvalue weighted by Gasteiger charge is -2.24.